The average molecular weight is 292 g/mol. The molecule has 1 N–H and O–H groups in total. The molecule has 1 saturated heterocycles. The highest BCUT2D eigenvalue weighted by Gasteiger charge is 2.25. The topological polar surface area (TPSA) is 55.4 Å². The van der Waals surface area contributed by atoms with E-state index >= 15 is 0 Å². The fraction of sp³-hybridized carbons (Fsp3) is 0.333. The van der Waals surface area contributed by atoms with Crippen molar-refractivity contribution in [1.29, 1.82) is 0 Å². The van der Waals surface area contributed by atoms with Crippen molar-refractivity contribution in [2.45, 2.75) is 12.5 Å². The second-order valence-corrected chi connectivity index (χ2v) is 5.58. The largest absolute Gasteiger partial charge is 0.336 e. The van der Waals surface area contributed by atoms with Gasteiger partial charge >= 0.3 is 10.3 Å². The van der Waals surface area contributed by atoms with Crippen molar-refractivity contribution in [2.75, 3.05) is 6.61 Å². The Labute approximate surface area is 97.0 Å². The van der Waals surface area contributed by atoms with Crippen LogP contribution in [0.2, 0.25) is 0 Å². The molecule has 1 atom stereocenters. The molecule has 0 aliphatic carbocycles. The van der Waals surface area contributed by atoms with Crippen molar-refractivity contribution in [1.82, 2.24) is 4.72 Å². The zero-order valence-electron chi connectivity index (χ0n) is 7.81. The molecule has 0 bridgehead atoms. The molecular formula is C9H10BrNO3S. The van der Waals surface area contributed by atoms with E-state index in [4.69, 9.17) is 0 Å². The number of halogens is 1. The molecule has 1 aromatic rings. The summed E-state index contributed by atoms with van der Waals surface area (Å²) in [5.41, 5.74) is 0.949. The van der Waals surface area contributed by atoms with Crippen molar-refractivity contribution in [3.05, 3.63) is 34.3 Å². The van der Waals surface area contributed by atoms with Gasteiger partial charge in [0.25, 0.3) is 0 Å². The number of hydrogen-bond acceptors (Lipinski definition) is 3. The fourth-order valence-electron chi connectivity index (χ4n) is 1.47. The van der Waals surface area contributed by atoms with Crippen LogP contribution in [0.25, 0.3) is 0 Å². The number of nitrogens with one attached hydrogen (secondary N) is 1. The zero-order chi connectivity index (χ0) is 10.9. The molecular weight excluding hydrogens is 282 g/mol. The van der Waals surface area contributed by atoms with Crippen molar-refractivity contribution in [3.8, 4) is 0 Å². The minimum Gasteiger partial charge on any atom is -0.258 e. The summed E-state index contributed by atoms with van der Waals surface area (Å²) in [4.78, 5) is 0. The monoisotopic (exact) mass is 291 g/mol. The zero-order valence-corrected chi connectivity index (χ0v) is 10.2. The van der Waals surface area contributed by atoms with Gasteiger partial charge in [-0.1, -0.05) is 28.1 Å². The Balaban J connectivity index is 2.21. The van der Waals surface area contributed by atoms with Gasteiger partial charge in [-0.25, -0.2) is 0 Å². The number of rotatable bonds is 1. The Bertz CT molecular complexity index is 443. The van der Waals surface area contributed by atoms with E-state index in [9.17, 15) is 8.42 Å². The Morgan fingerprint density at radius 1 is 1.33 bits per heavy atom. The summed E-state index contributed by atoms with van der Waals surface area (Å²) in [7, 11) is -3.55. The van der Waals surface area contributed by atoms with Crippen LogP contribution < -0.4 is 4.72 Å². The molecule has 1 aromatic carbocycles. The van der Waals surface area contributed by atoms with E-state index in [0.29, 0.717) is 6.42 Å². The molecule has 0 amide bonds. The summed E-state index contributed by atoms with van der Waals surface area (Å²) in [6.07, 6.45) is 0.654. The van der Waals surface area contributed by atoms with Gasteiger partial charge < -0.3 is 0 Å². The maximum Gasteiger partial charge on any atom is 0.336 e. The first-order valence-corrected chi connectivity index (χ1v) is 6.69. The van der Waals surface area contributed by atoms with E-state index in [1.807, 2.05) is 24.3 Å². The smallest absolute Gasteiger partial charge is 0.258 e. The maximum atomic E-state index is 11.2. The molecule has 0 unspecified atom stereocenters. The van der Waals surface area contributed by atoms with Crippen molar-refractivity contribution in [2.24, 2.45) is 0 Å². The lowest BCUT2D eigenvalue weighted by Gasteiger charge is -2.23. The van der Waals surface area contributed by atoms with Crippen LogP contribution in [0.1, 0.15) is 18.0 Å². The molecule has 4 nitrogen and oxygen atoms in total. The minimum atomic E-state index is -3.55. The molecule has 1 fully saturated rings. The van der Waals surface area contributed by atoms with Gasteiger partial charge in [0, 0.05) is 4.47 Å². The molecule has 0 radical (unpaired) electrons. The van der Waals surface area contributed by atoms with Crippen LogP contribution in [-0.4, -0.2) is 15.0 Å². The van der Waals surface area contributed by atoms with Gasteiger partial charge in [-0.2, -0.15) is 13.1 Å². The van der Waals surface area contributed by atoms with E-state index in [2.05, 4.69) is 24.8 Å². The molecule has 0 saturated carbocycles. The van der Waals surface area contributed by atoms with E-state index in [1.54, 1.807) is 0 Å². The Hall–Kier alpha value is -0.430. The average Bonchev–Trinajstić information content (AvgIpc) is 2.17. The number of hydrogen-bond donors (Lipinski definition) is 1. The molecule has 2 rings (SSSR count). The molecule has 1 aliphatic heterocycles. The van der Waals surface area contributed by atoms with Crippen LogP contribution in [0, 0.1) is 0 Å². The van der Waals surface area contributed by atoms with Gasteiger partial charge in [-0.15, -0.1) is 0 Å². The predicted molar refractivity (Wildman–Crippen MR) is 59.5 cm³/mol. The second kappa shape index (κ2) is 4.21. The van der Waals surface area contributed by atoms with E-state index < -0.39 is 10.3 Å². The third-order valence-electron chi connectivity index (χ3n) is 2.20. The van der Waals surface area contributed by atoms with Crippen LogP contribution in [0.4, 0.5) is 0 Å². The lowest BCUT2D eigenvalue weighted by Crippen LogP contribution is -2.36. The molecule has 1 heterocycles. The SMILES string of the molecule is O=S1(=O)N[C@H](c2ccc(Br)cc2)CCO1. The van der Waals surface area contributed by atoms with Gasteiger partial charge in [-0.05, 0) is 24.1 Å². The Morgan fingerprint density at radius 2 is 2.00 bits per heavy atom. The van der Waals surface area contributed by atoms with Crippen LogP contribution in [0.3, 0.4) is 0 Å². The fourth-order valence-corrected chi connectivity index (χ4v) is 2.72. The maximum absolute atomic E-state index is 11.2. The summed E-state index contributed by atoms with van der Waals surface area (Å²) in [5.74, 6) is 0. The predicted octanol–water partition coefficient (Wildman–Crippen LogP) is 1.74. The van der Waals surface area contributed by atoms with Crippen LogP contribution in [-0.2, 0) is 14.5 Å². The number of benzene rings is 1. The van der Waals surface area contributed by atoms with Crippen LogP contribution >= 0.6 is 15.9 Å². The summed E-state index contributed by atoms with van der Waals surface area (Å²) in [5, 5.41) is 0. The molecule has 6 heteroatoms. The third-order valence-corrected chi connectivity index (χ3v) is 3.78. The lowest BCUT2D eigenvalue weighted by atomic mass is 10.1. The summed E-state index contributed by atoms with van der Waals surface area (Å²) in [6, 6.07) is 7.38. The van der Waals surface area contributed by atoms with Gasteiger partial charge in [0.15, 0.2) is 0 Å². The summed E-state index contributed by atoms with van der Waals surface area (Å²) in [6.45, 7) is 0.232. The van der Waals surface area contributed by atoms with E-state index in [0.717, 1.165) is 10.0 Å². The molecule has 15 heavy (non-hydrogen) atoms. The van der Waals surface area contributed by atoms with Gasteiger partial charge in [0.05, 0.1) is 12.6 Å². The van der Waals surface area contributed by atoms with Gasteiger partial charge in [-0.3, -0.25) is 4.18 Å². The summed E-state index contributed by atoms with van der Waals surface area (Å²) < 4.78 is 30.3. The Morgan fingerprint density at radius 3 is 2.60 bits per heavy atom. The highest BCUT2D eigenvalue weighted by Crippen LogP contribution is 2.23. The summed E-state index contributed by atoms with van der Waals surface area (Å²) >= 11 is 3.33. The van der Waals surface area contributed by atoms with E-state index in [-0.39, 0.29) is 12.6 Å². The first-order chi connectivity index (χ1) is 7.07. The highest BCUT2D eigenvalue weighted by molar-refractivity contribution is 9.10. The normalized spacial score (nSPS) is 25.0. The van der Waals surface area contributed by atoms with Gasteiger partial charge in [0.1, 0.15) is 0 Å². The standard InChI is InChI=1S/C9H10BrNO3S/c10-8-3-1-7(2-4-8)9-5-6-14-15(12,13)11-9/h1-4,9,11H,5-6H2/t9-/m0/s1. The minimum absolute atomic E-state index is 0.183. The second-order valence-electron chi connectivity index (χ2n) is 3.29. The quantitative estimate of drug-likeness (QED) is 0.858. The molecule has 0 spiro atoms. The Kier molecular flexibility index (Phi) is 3.11. The molecule has 1 aliphatic rings. The van der Waals surface area contributed by atoms with Gasteiger partial charge in [0.2, 0.25) is 0 Å². The lowest BCUT2D eigenvalue weighted by molar-refractivity contribution is 0.257. The highest BCUT2D eigenvalue weighted by atomic mass is 79.9. The van der Waals surface area contributed by atoms with Crippen LogP contribution in [0.15, 0.2) is 28.7 Å². The molecule has 0 aromatic heterocycles. The molecule has 82 valence electrons. The van der Waals surface area contributed by atoms with Crippen molar-refractivity contribution < 1.29 is 12.6 Å². The van der Waals surface area contributed by atoms with Crippen LogP contribution in [0.5, 0.6) is 0 Å². The van der Waals surface area contributed by atoms with Crippen molar-refractivity contribution in [3.63, 3.8) is 0 Å². The van der Waals surface area contributed by atoms with E-state index in [1.165, 1.54) is 0 Å². The third kappa shape index (κ3) is 2.78. The first kappa shape index (κ1) is 11.1. The first-order valence-electron chi connectivity index (χ1n) is 4.49. The van der Waals surface area contributed by atoms with Crippen molar-refractivity contribution >= 4 is 26.2 Å².